The minimum absolute atomic E-state index is 0.694. The summed E-state index contributed by atoms with van der Waals surface area (Å²) in [5.74, 6) is 1.40. The minimum Gasteiger partial charge on any atom is -0.0843 e. The Bertz CT molecular complexity index is 473. The highest BCUT2D eigenvalue weighted by molar-refractivity contribution is 6.30. The Morgan fingerprint density at radius 2 is 1.31 bits per heavy atom. The maximum absolute atomic E-state index is 5.89. The van der Waals surface area contributed by atoms with Crippen molar-refractivity contribution in [2.75, 3.05) is 0 Å². The first-order valence-corrected chi connectivity index (χ1v) is 6.03. The average molecular weight is 229 g/mol. The fourth-order valence-corrected chi connectivity index (χ4v) is 2.47. The normalized spacial score (nSPS) is 23.1. The van der Waals surface area contributed by atoms with E-state index >= 15 is 0 Å². The second-order valence-corrected chi connectivity index (χ2v) is 4.85. The van der Waals surface area contributed by atoms with E-state index < -0.39 is 0 Å². The second-order valence-electron chi connectivity index (χ2n) is 4.41. The van der Waals surface area contributed by atoms with Crippen LogP contribution in [0.3, 0.4) is 0 Å². The molecule has 2 unspecified atom stereocenters. The fraction of sp³-hybridized carbons (Fsp3) is 0.200. The number of hydrogen-bond donors (Lipinski definition) is 0. The van der Waals surface area contributed by atoms with Crippen molar-refractivity contribution < 1.29 is 0 Å². The summed E-state index contributed by atoms with van der Waals surface area (Å²) >= 11 is 5.89. The van der Waals surface area contributed by atoms with Gasteiger partial charge in [0.1, 0.15) is 0 Å². The van der Waals surface area contributed by atoms with E-state index in [0.717, 1.165) is 5.02 Å². The minimum atomic E-state index is 0.694. The fourth-order valence-electron chi connectivity index (χ4n) is 2.34. The van der Waals surface area contributed by atoms with Gasteiger partial charge in [-0.15, -0.1) is 0 Å². The average Bonchev–Trinajstić information content (AvgIpc) is 3.11. The molecular formula is C15H13Cl. The quantitative estimate of drug-likeness (QED) is 0.704. The van der Waals surface area contributed by atoms with Gasteiger partial charge in [0.25, 0.3) is 0 Å². The summed E-state index contributed by atoms with van der Waals surface area (Å²) in [6, 6.07) is 19.0. The first kappa shape index (κ1) is 9.92. The first-order valence-electron chi connectivity index (χ1n) is 5.65. The first-order chi connectivity index (χ1) is 7.84. The van der Waals surface area contributed by atoms with Crippen LogP contribution in [-0.4, -0.2) is 0 Å². The standard InChI is InChI=1S/C15H13Cl/c16-13-8-6-12(7-9-13)15-10-14(15)11-4-2-1-3-5-11/h1-9,14-15H,10H2. The maximum Gasteiger partial charge on any atom is 0.0406 e. The van der Waals surface area contributed by atoms with Crippen molar-refractivity contribution >= 4 is 11.6 Å². The topological polar surface area (TPSA) is 0 Å². The summed E-state index contributed by atoms with van der Waals surface area (Å²) in [5, 5.41) is 0.820. The Kier molecular flexibility index (Phi) is 2.45. The van der Waals surface area contributed by atoms with Crippen LogP contribution in [0.25, 0.3) is 0 Å². The Labute approximate surface area is 101 Å². The lowest BCUT2D eigenvalue weighted by Crippen LogP contribution is -1.83. The molecule has 0 bridgehead atoms. The van der Waals surface area contributed by atoms with Crippen molar-refractivity contribution in [1.29, 1.82) is 0 Å². The molecule has 2 atom stereocenters. The third-order valence-corrected chi connectivity index (χ3v) is 3.57. The summed E-state index contributed by atoms with van der Waals surface area (Å²) < 4.78 is 0. The zero-order valence-corrected chi connectivity index (χ0v) is 9.69. The van der Waals surface area contributed by atoms with Crippen LogP contribution in [-0.2, 0) is 0 Å². The third-order valence-electron chi connectivity index (χ3n) is 3.32. The highest BCUT2D eigenvalue weighted by atomic mass is 35.5. The van der Waals surface area contributed by atoms with Gasteiger partial charge in [0.2, 0.25) is 0 Å². The number of halogens is 1. The largest absolute Gasteiger partial charge is 0.0843 e. The molecule has 1 fully saturated rings. The molecule has 2 aromatic rings. The highest BCUT2D eigenvalue weighted by Gasteiger charge is 2.38. The predicted octanol–water partition coefficient (Wildman–Crippen LogP) is 4.61. The van der Waals surface area contributed by atoms with Crippen molar-refractivity contribution in [3.05, 3.63) is 70.7 Å². The van der Waals surface area contributed by atoms with Crippen LogP contribution in [0.5, 0.6) is 0 Å². The number of rotatable bonds is 2. The van der Waals surface area contributed by atoms with Gasteiger partial charge in [0.15, 0.2) is 0 Å². The lowest BCUT2D eigenvalue weighted by molar-refractivity contribution is 1.03. The van der Waals surface area contributed by atoms with Gasteiger partial charge in [-0.1, -0.05) is 54.1 Å². The van der Waals surface area contributed by atoms with Crippen molar-refractivity contribution in [3.63, 3.8) is 0 Å². The van der Waals surface area contributed by atoms with Crippen molar-refractivity contribution in [1.82, 2.24) is 0 Å². The zero-order chi connectivity index (χ0) is 11.0. The molecule has 0 N–H and O–H groups in total. The third kappa shape index (κ3) is 1.85. The van der Waals surface area contributed by atoms with E-state index in [0.29, 0.717) is 11.8 Å². The summed E-state index contributed by atoms with van der Waals surface area (Å²) in [7, 11) is 0. The Hall–Kier alpha value is -1.27. The van der Waals surface area contributed by atoms with Gasteiger partial charge in [-0.25, -0.2) is 0 Å². The van der Waals surface area contributed by atoms with Gasteiger partial charge in [-0.2, -0.15) is 0 Å². The molecule has 0 spiro atoms. The molecule has 2 aromatic carbocycles. The van der Waals surface area contributed by atoms with E-state index in [1.165, 1.54) is 17.5 Å². The predicted molar refractivity (Wildman–Crippen MR) is 68.0 cm³/mol. The number of hydrogen-bond acceptors (Lipinski definition) is 0. The van der Waals surface area contributed by atoms with Crippen LogP contribution in [0.2, 0.25) is 5.02 Å². The van der Waals surface area contributed by atoms with Gasteiger partial charge < -0.3 is 0 Å². The van der Waals surface area contributed by atoms with Crippen LogP contribution < -0.4 is 0 Å². The van der Waals surface area contributed by atoms with Crippen LogP contribution in [0.1, 0.15) is 29.4 Å². The monoisotopic (exact) mass is 228 g/mol. The van der Waals surface area contributed by atoms with Gasteiger partial charge in [0, 0.05) is 5.02 Å². The molecule has 0 saturated heterocycles. The Morgan fingerprint density at radius 3 is 1.94 bits per heavy atom. The van der Waals surface area contributed by atoms with Crippen molar-refractivity contribution in [2.24, 2.45) is 0 Å². The Balaban J connectivity index is 1.79. The van der Waals surface area contributed by atoms with Crippen LogP contribution in [0.15, 0.2) is 54.6 Å². The van der Waals surface area contributed by atoms with Crippen LogP contribution in [0, 0.1) is 0 Å². The molecule has 3 rings (SSSR count). The van der Waals surface area contributed by atoms with E-state index in [1.54, 1.807) is 0 Å². The molecule has 80 valence electrons. The molecule has 1 saturated carbocycles. The SMILES string of the molecule is Clc1ccc(C2CC2c2ccccc2)cc1. The van der Waals surface area contributed by atoms with E-state index in [4.69, 9.17) is 11.6 Å². The van der Waals surface area contributed by atoms with Gasteiger partial charge in [-0.05, 0) is 41.5 Å². The van der Waals surface area contributed by atoms with E-state index in [2.05, 4.69) is 42.5 Å². The molecule has 0 radical (unpaired) electrons. The molecule has 1 aliphatic rings. The number of benzene rings is 2. The lowest BCUT2D eigenvalue weighted by Gasteiger charge is -2.01. The van der Waals surface area contributed by atoms with E-state index in [9.17, 15) is 0 Å². The van der Waals surface area contributed by atoms with Crippen LogP contribution in [0.4, 0.5) is 0 Å². The van der Waals surface area contributed by atoms with Crippen LogP contribution >= 0.6 is 11.6 Å². The molecule has 1 heteroatoms. The van der Waals surface area contributed by atoms with Crippen molar-refractivity contribution in [3.8, 4) is 0 Å². The summed E-state index contributed by atoms with van der Waals surface area (Å²) in [6.07, 6.45) is 1.27. The smallest absolute Gasteiger partial charge is 0.0406 e. The highest BCUT2D eigenvalue weighted by Crippen LogP contribution is 2.54. The molecule has 0 amide bonds. The Morgan fingerprint density at radius 1 is 0.750 bits per heavy atom. The summed E-state index contributed by atoms with van der Waals surface area (Å²) in [4.78, 5) is 0. The van der Waals surface area contributed by atoms with Gasteiger partial charge in [-0.3, -0.25) is 0 Å². The molecule has 16 heavy (non-hydrogen) atoms. The summed E-state index contributed by atoms with van der Waals surface area (Å²) in [6.45, 7) is 0. The molecule has 1 aliphatic carbocycles. The van der Waals surface area contributed by atoms with Gasteiger partial charge in [0.05, 0.1) is 0 Å². The maximum atomic E-state index is 5.89. The molecule has 0 aliphatic heterocycles. The zero-order valence-electron chi connectivity index (χ0n) is 8.94. The second kappa shape index (κ2) is 3.95. The van der Waals surface area contributed by atoms with Gasteiger partial charge >= 0.3 is 0 Å². The molecule has 0 nitrogen and oxygen atoms in total. The summed E-state index contributed by atoms with van der Waals surface area (Å²) in [5.41, 5.74) is 2.88. The van der Waals surface area contributed by atoms with E-state index in [1.807, 2.05) is 12.1 Å². The molecular weight excluding hydrogens is 216 g/mol. The molecule has 0 heterocycles. The van der Waals surface area contributed by atoms with Crippen molar-refractivity contribution in [2.45, 2.75) is 18.3 Å². The lowest BCUT2D eigenvalue weighted by atomic mass is 10.0. The molecule has 0 aromatic heterocycles. The van der Waals surface area contributed by atoms with E-state index in [-0.39, 0.29) is 0 Å².